The molecule has 0 aliphatic carbocycles. The van der Waals surface area contributed by atoms with Gasteiger partial charge in [0, 0.05) is 0 Å². The monoisotopic (exact) mass is 79.0 g/mol. The van der Waals surface area contributed by atoms with Gasteiger partial charge in [0.15, 0.2) is 0 Å². The van der Waals surface area contributed by atoms with E-state index < -0.39 is 4.97 Å². The molecule has 0 saturated carbocycles. The highest BCUT2D eigenvalue weighted by atomic mass is 17.1. The number of nitrogens with zero attached hydrogens (tertiary/aromatic N) is 1. The Morgan fingerprint density at radius 1 is 1.60 bits per heavy atom. The van der Waals surface area contributed by atoms with Gasteiger partial charge in [0.25, 0.3) is 0 Å². The Morgan fingerprint density at radius 3 is 1.60 bits per heavy atom. The van der Waals surface area contributed by atoms with Gasteiger partial charge in [-0.05, 0) is 0 Å². The summed E-state index contributed by atoms with van der Waals surface area (Å²) in [5, 5.41) is 24.1. The Hall–Kier alpha value is -0.160. The summed E-state index contributed by atoms with van der Waals surface area (Å²) in [4.78, 5) is -2.25. The van der Waals surface area contributed by atoms with E-state index >= 15 is 0 Å². The number of hydroxylamine groups is 3. The molecule has 0 spiro atoms. The van der Waals surface area contributed by atoms with Crippen LogP contribution < -0.4 is 0 Å². The molecule has 0 radical (unpaired) electrons. The van der Waals surface area contributed by atoms with Gasteiger partial charge in [-0.25, -0.2) is 0 Å². The Balaban J connectivity index is 3.02. The average Bonchev–Trinajstić information content (AvgIpc) is 0.722. The summed E-state index contributed by atoms with van der Waals surface area (Å²) in [6.07, 6.45) is 0. The number of hydrogen-bond donors (Lipinski definition) is 2. The quantitative estimate of drug-likeness (QED) is 0.309. The molecule has 0 heterocycles. The lowest BCUT2D eigenvalue weighted by molar-refractivity contribution is -1.20. The zero-order valence-electron chi connectivity index (χ0n) is 2.75. The van der Waals surface area contributed by atoms with Crippen molar-refractivity contribution < 1.29 is 15.4 Å². The van der Waals surface area contributed by atoms with E-state index in [4.69, 9.17) is 15.6 Å². The zero-order valence-corrected chi connectivity index (χ0v) is 2.75. The van der Waals surface area contributed by atoms with Gasteiger partial charge in [0.1, 0.15) is 7.05 Å². The van der Waals surface area contributed by atoms with Crippen LogP contribution in [0.2, 0.25) is 0 Å². The lowest BCUT2D eigenvalue weighted by atomic mass is 11.5. The van der Waals surface area contributed by atoms with Gasteiger partial charge in [-0.3, -0.25) is 0 Å². The van der Waals surface area contributed by atoms with E-state index in [1.807, 2.05) is 0 Å². The van der Waals surface area contributed by atoms with Crippen LogP contribution >= 0.6 is 0 Å². The van der Waals surface area contributed by atoms with Gasteiger partial charge in [-0.2, -0.15) is 10.4 Å². The second-order valence-corrected chi connectivity index (χ2v) is 0.835. The molecule has 4 heteroatoms. The molecule has 0 rings (SSSR count). The molecule has 0 unspecified atom stereocenters. The molecule has 32 valence electrons. The molecule has 0 aromatic carbocycles. The molecule has 0 aromatic rings. The fourth-order valence-electron chi connectivity index (χ4n) is 0. The van der Waals surface area contributed by atoms with E-state index in [9.17, 15) is 0 Å². The normalized spacial score (nSPS) is 12.0. The standard InChI is InChI=1S/CH5NO3/c1-2(3,4)5/h3-4H,1H3. The first-order valence-electron chi connectivity index (χ1n) is 1.03. The van der Waals surface area contributed by atoms with Gasteiger partial charge in [0.05, 0.1) is 0 Å². The summed E-state index contributed by atoms with van der Waals surface area (Å²) < 4.78 is 0. The molecule has 2 N–H and O–H groups in total. The van der Waals surface area contributed by atoms with Crippen molar-refractivity contribution in [3.63, 3.8) is 0 Å². The van der Waals surface area contributed by atoms with Crippen molar-refractivity contribution in [1.29, 1.82) is 0 Å². The van der Waals surface area contributed by atoms with Gasteiger partial charge < -0.3 is 5.21 Å². The first-order valence-corrected chi connectivity index (χ1v) is 1.03. The van der Waals surface area contributed by atoms with Crippen molar-refractivity contribution in [2.45, 2.75) is 0 Å². The van der Waals surface area contributed by atoms with Crippen LogP contribution in [0, 0.1) is 5.21 Å². The molecule has 5 heavy (non-hydrogen) atoms. The largest absolute Gasteiger partial charge is 0.565 e. The summed E-state index contributed by atoms with van der Waals surface area (Å²) in [5.74, 6) is 0. The maximum absolute atomic E-state index is 9.15. The minimum Gasteiger partial charge on any atom is -0.565 e. The van der Waals surface area contributed by atoms with Crippen molar-refractivity contribution in [1.82, 2.24) is 0 Å². The van der Waals surface area contributed by atoms with E-state index in [1.54, 1.807) is 0 Å². The van der Waals surface area contributed by atoms with Crippen molar-refractivity contribution in [3.05, 3.63) is 5.21 Å². The van der Waals surface area contributed by atoms with Crippen LogP contribution in [0.1, 0.15) is 0 Å². The van der Waals surface area contributed by atoms with E-state index in [0.717, 1.165) is 0 Å². The first kappa shape index (κ1) is 4.84. The molecular weight excluding hydrogens is 74.0 g/mol. The average molecular weight is 79.1 g/mol. The van der Waals surface area contributed by atoms with Gasteiger partial charge >= 0.3 is 0 Å². The molecule has 0 aliphatic rings. The molecule has 0 saturated heterocycles. The van der Waals surface area contributed by atoms with Crippen LogP contribution in [0.3, 0.4) is 0 Å². The Kier molecular flexibility index (Phi) is 0.879. The van der Waals surface area contributed by atoms with E-state index in [0.29, 0.717) is 7.05 Å². The zero-order chi connectivity index (χ0) is 4.50. The second-order valence-electron chi connectivity index (χ2n) is 0.835. The smallest absolute Gasteiger partial charge is 0.132 e. The highest BCUT2D eigenvalue weighted by Crippen LogP contribution is 1.74. The van der Waals surface area contributed by atoms with Gasteiger partial charge in [-0.1, -0.05) is 4.97 Å². The third-order valence-electron chi connectivity index (χ3n) is 0. The SMILES string of the molecule is C[N+]([O-])(O)O. The summed E-state index contributed by atoms with van der Waals surface area (Å²) in [6.45, 7) is 0. The second kappa shape index (κ2) is 0.908. The highest BCUT2D eigenvalue weighted by Gasteiger charge is 1.88. The van der Waals surface area contributed by atoms with Crippen molar-refractivity contribution in [3.8, 4) is 0 Å². The van der Waals surface area contributed by atoms with Crippen LogP contribution in [0.25, 0.3) is 0 Å². The lowest BCUT2D eigenvalue weighted by Crippen LogP contribution is -2.27. The molecule has 0 aliphatic heterocycles. The fraction of sp³-hybridized carbons (Fsp3) is 1.00. The molecule has 0 amide bonds. The maximum atomic E-state index is 9.15. The molecule has 4 nitrogen and oxygen atoms in total. The highest BCUT2D eigenvalue weighted by molar-refractivity contribution is 3.86. The van der Waals surface area contributed by atoms with E-state index in [-0.39, 0.29) is 0 Å². The van der Waals surface area contributed by atoms with E-state index in [2.05, 4.69) is 0 Å². The molecule has 0 atom stereocenters. The van der Waals surface area contributed by atoms with Crippen molar-refractivity contribution in [2.75, 3.05) is 7.05 Å². The van der Waals surface area contributed by atoms with Crippen LogP contribution in [0.15, 0.2) is 0 Å². The predicted octanol–water partition coefficient (Wildman–Crippen LogP) is -0.291. The van der Waals surface area contributed by atoms with Crippen LogP contribution in [0.4, 0.5) is 0 Å². The summed E-state index contributed by atoms with van der Waals surface area (Å²) in [6, 6.07) is 0. The van der Waals surface area contributed by atoms with Crippen LogP contribution in [-0.4, -0.2) is 22.4 Å². The number of hydrogen-bond acceptors (Lipinski definition) is 3. The minimum atomic E-state index is -2.25. The summed E-state index contributed by atoms with van der Waals surface area (Å²) >= 11 is 0. The third-order valence-corrected chi connectivity index (χ3v) is 0. The van der Waals surface area contributed by atoms with Crippen LogP contribution in [-0.2, 0) is 0 Å². The Bertz CT molecular complexity index is 22.4. The minimum absolute atomic E-state index is 0.681. The number of rotatable bonds is 0. The molecule has 0 aromatic heterocycles. The molecular formula is CH5NO3. The van der Waals surface area contributed by atoms with Crippen molar-refractivity contribution >= 4 is 0 Å². The summed E-state index contributed by atoms with van der Waals surface area (Å²) in [5.41, 5.74) is 0. The van der Waals surface area contributed by atoms with Gasteiger partial charge in [-0.15, -0.1) is 0 Å². The Labute approximate surface area is 29.0 Å². The molecule has 0 fully saturated rings. The van der Waals surface area contributed by atoms with Gasteiger partial charge in [0.2, 0.25) is 0 Å². The van der Waals surface area contributed by atoms with E-state index in [1.165, 1.54) is 0 Å². The molecule has 0 bridgehead atoms. The van der Waals surface area contributed by atoms with Crippen LogP contribution in [0.5, 0.6) is 0 Å². The Morgan fingerprint density at radius 2 is 1.60 bits per heavy atom. The predicted molar refractivity (Wildman–Crippen MR) is 13.1 cm³/mol. The first-order chi connectivity index (χ1) is 2.00. The van der Waals surface area contributed by atoms with Crippen molar-refractivity contribution in [2.24, 2.45) is 0 Å². The fourth-order valence-corrected chi connectivity index (χ4v) is 0. The third kappa shape index (κ3) is 508. The number of quaternary nitrogens is 1. The summed E-state index contributed by atoms with van der Waals surface area (Å²) in [7, 11) is 0.681. The lowest BCUT2D eigenvalue weighted by Gasteiger charge is -2.15. The maximum Gasteiger partial charge on any atom is 0.132 e. The topological polar surface area (TPSA) is 63.5 Å².